The number of para-hydroxylation sites is 1. The first-order chi connectivity index (χ1) is 21.3. The highest BCUT2D eigenvalue weighted by Crippen LogP contribution is 2.36. The number of nitrogens with one attached hydrogen (secondary N) is 3. The van der Waals surface area contributed by atoms with E-state index in [2.05, 4.69) is 25.9 Å². The van der Waals surface area contributed by atoms with Crippen LogP contribution >= 0.6 is 0 Å². The molecular weight excluding hydrogens is 569 g/mol. The van der Waals surface area contributed by atoms with Gasteiger partial charge >= 0.3 is 6.03 Å². The van der Waals surface area contributed by atoms with E-state index in [4.69, 9.17) is 19.3 Å². The Morgan fingerprint density at radius 2 is 1.93 bits per heavy atom. The Morgan fingerprint density at radius 3 is 2.64 bits per heavy atom. The predicted molar refractivity (Wildman–Crippen MR) is 160 cm³/mol. The maximum absolute atomic E-state index is 14.0. The minimum absolute atomic E-state index is 0.178. The van der Waals surface area contributed by atoms with Crippen molar-refractivity contribution in [2.45, 2.75) is 38.0 Å². The number of rotatable bonds is 10. The summed E-state index contributed by atoms with van der Waals surface area (Å²) in [4.78, 5) is 34.1. The van der Waals surface area contributed by atoms with Crippen molar-refractivity contribution in [2.24, 2.45) is 0 Å². The van der Waals surface area contributed by atoms with E-state index in [1.807, 2.05) is 37.3 Å². The van der Waals surface area contributed by atoms with Gasteiger partial charge in [0.25, 0.3) is 5.91 Å². The SMILES string of the molecule is CNC(=O)c1cc(-c2nn(-c3ccccc3)c(NC(=O)N[C@@H]3C[C@@H](CCOC)O[C@H]3c3ccnc(F)c3)c2C)cnc1OC. The van der Waals surface area contributed by atoms with Crippen LogP contribution in [-0.4, -0.2) is 71.7 Å². The lowest BCUT2D eigenvalue weighted by atomic mass is 10.0. The first kappa shape index (κ1) is 30.6. The Labute approximate surface area is 254 Å². The van der Waals surface area contributed by atoms with Crippen LogP contribution in [-0.2, 0) is 9.47 Å². The fourth-order valence-electron chi connectivity index (χ4n) is 5.27. The van der Waals surface area contributed by atoms with Crippen LogP contribution in [0.3, 0.4) is 0 Å². The summed E-state index contributed by atoms with van der Waals surface area (Å²) in [7, 11) is 4.58. The zero-order valence-electron chi connectivity index (χ0n) is 24.8. The molecule has 3 aromatic heterocycles. The van der Waals surface area contributed by atoms with Crippen molar-refractivity contribution in [2.75, 3.05) is 33.2 Å². The Kier molecular flexibility index (Phi) is 9.46. The number of nitrogens with zero attached hydrogens (tertiary/aromatic N) is 4. The van der Waals surface area contributed by atoms with Gasteiger partial charge in [0.1, 0.15) is 17.5 Å². The fourth-order valence-corrected chi connectivity index (χ4v) is 5.27. The summed E-state index contributed by atoms with van der Waals surface area (Å²) in [6.07, 6.45) is 3.30. The number of hydrogen-bond acceptors (Lipinski definition) is 8. The highest BCUT2D eigenvalue weighted by atomic mass is 19.1. The number of halogens is 1. The Morgan fingerprint density at radius 1 is 1.14 bits per heavy atom. The van der Waals surface area contributed by atoms with Crippen LogP contribution in [0, 0.1) is 12.9 Å². The zero-order valence-corrected chi connectivity index (χ0v) is 24.8. The van der Waals surface area contributed by atoms with Crippen LogP contribution in [0.1, 0.15) is 40.4 Å². The van der Waals surface area contributed by atoms with Crippen molar-refractivity contribution in [1.29, 1.82) is 0 Å². The number of pyridine rings is 2. The van der Waals surface area contributed by atoms with Gasteiger partial charge in [-0.15, -0.1) is 0 Å². The molecule has 1 aliphatic rings. The van der Waals surface area contributed by atoms with Crippen LogP contribution < -0.4 is 20.7 Å². The van der Waals surface area contributed by atoms with E-state index in [0.717, 1.165) is 0 Å². The van der Waals surface area contributed by atoms with Crippen molar-refractivity contribution in [3.8, 4) is 22.8 Å². The molecule has 3 N–H and O–H groups in total. The largest absolute Gasteiger partial charge is 0.480 e. The summed E-state index contributed by atoms with van der Waals surface area (Å²) in [5.41, 5.74) is 3.25. The number of methoxy groups -OCH3 is 2. The minimum Gasteiger partial charge on any atom is -0.480 e. The van der Waals surface area contributed by atoms with Crippen LogP contribution in [0.15, 0.2) is 60.9 Å². The monoisotopic (exact) mass is 603 g/mol. The lowest BCUT2D eigenvalue weighted by Crippen LogP contribution is -2.40. The maximum atomic E-state index is 14.0. The number of hydrogen-bond donors (Lipinski definition) is 3. The Bertz CT molecular complexity index is 1630. The van der Waals surface area contributed by atoms with Crippen molar-refractivity contribution in [3.05, 3.63) is 83.6 Å². The number of benzene rings is 1. The second-order valence-electron chi connectivity index (χ2n) is 10.2. The third kappa shape index (κ3) is 6.53. The molecule has 0 radical (unpaired) electrons. The molecule has 0 unspecified atom stereocenters. The van der Waals surface area contributed by atoms with Crippen molar-refractivity contribution in [3.63, 3.8) is 0 Å². The van der Waals surface area contributed by atoms with E-state index in [-0.39, 0.29) is 23.5 Å². The van der Waals surface area contributed by atoms with Gasteiger partial charge in [-0.1, -0.05) is 18.2 Å². The maximum Gasteiger partial charge on any atom is 0.320 e. The number of aromatic nitrogens is 4. The van der Waals surface area contributed by atoms with Crippen LogP contribution in [0.2, 0.25) is 0 Å². The minimum atomic E-state index is -0.628. The quantitative estimate of drug-likeness (QED) is 0.229. The lowest BCUT2D eigenvalue weighted by molar-refractivity contribution is 0.0210. The first-order valence-electron chi connectivity index (χ1n) is 14.1. The summed E-state index contributed by atoms with van der Waals surface area (Å²) in [5.74, 6) is -0.392. The summed E-state index contributed by atoms with van der Waals surface area (Å²) in [5, 5.41) is 13.4. The average Bonchev–Trinajstić information content (AvgIpc) is 3.59. The number of ether oxygens (including phenoxy) is 3. The van der Waals surface area contributed by atoms with Gasteiger partial charge in [0, 0.05) is 44.3 Å². The molecular formula is C31H34FN7O5. The third-order valence-corrected chi connectivity index (χ3v) is 7.41. The number of anilines is 1. The van der Waals surface area contributed by atoms with Gasteiger partial charge in [-0.05, 0) is 55.7 Å². The zero-order chi connectivity index (χ0) is 31.2. The van der Waals surface area contributed by atoms with E-state index >= 15 is 0 Å². The number of carbonyl (C=O) groups excluding carboxylic acids is 2. The van der Waals surface area contributed by atoms with Gasteiger partial charge < -0.3 is 24.8 Å². The van der Waals surface area contributed by atoms with Crippen LogP contribution in [0.5, 0.6) is 5.88 Å². The molecule has 0 saturated carbocycles. The summed E-state index contributed by atoms with van der Waals surface area (Å²) in [6, 6.07) is 13.0. The van der Waals surface area contributed by atoms with Gasteiger partial charge in [0.2, 0.25) is 11.8 Å². The summed E-state index contributed by atoms with van der Waals surface area (Å²) < 4.78 is 32.3. The van der Waals surface area contributed by atoms with E-state index in [1.165, 1.54) is 26.4 Å². The van der Waals surface area contributed by atoms with Gasteiger partial charge in [-0.25, -0.2) is 19.4 Å². The predicted octanol–water partition coefficient (Wildman–Crippen LogP) is 4.20. The van der Waals surface area contributed by atoms with E-state index in [9.17, 15) is 14.0 Å². The molecule has 3 atom stereocenters. The average molecular weight is 604 g/mol. The van der Waals surface area contributed by atoms with Crippen LogP contribution in [0.4, 0.5) is 15.0 Å². The van der Waals surface area contributed by atoms with E-state index in [0.29, 0.717) is 53.3 Å². The molecule has 1 fully saturated rings. The van der Waals surface area contributed by atoms with Gasteiger partial charge in [0.05, 0.1) is 30.6 Å². The number of amides is 3. The standard InChI is InChI=1S/C31H34FN7O5/c1-18-26(20-14-23(29(40)33-2)30(43-4)35-17-20)38-39(21-8-6-5-7-9-21)28(18)37-31(41)36-24-16-22(11-13-42-3)44-27(24)19-10-12-34-25(32)15-19/h5-10,12,14-15,17,22,24,27H,11,13,16H2,1-4H3,(H,33,40)(H2,36,37,41)/t22-,24-,27+/m1/s1. The second kappa shape index (κ2) is 13.6. The normalized spacial score (nSPS) is 17.7. The van der Waals surface area contributed by atoms with Crippen LogP contribution in [0.25, 0.3) is 16.9 Å². The Hall–Kier alpha value is -4.88. The van der Waals surface area contributed by atoms with E-state index in [1.54, 1.807) is 30.1 Å². The first-order valence-corrected chi connectivity index (χ1v) is 14.1. The number of urea groups is 1. The highest BCUT2D eigenvalue weighted by Gasteiger charge is 2.37. The molecule has 3 amide bonds. The molecule has 44 heavy (non-hydrogen) atoms. The van der Waals surface area contributed by atoms with Gasteiger partial charge in [-0.3, -0.25) is 10.1 Å². The molecule has 4 aromatic rings. The van der Waals surface area contributed by atoms with Gasteiger partial charge in [-0.2, -0.15) is 9.49 Å². The van der Waals surface area contributed by atoms with E-state index < -0.39 is 24.1 Å². The summed E-state index contributed by atoms with van der Waals surface area (Å²) >= 11 is 0. The smallest absolute Gasteiger partial charge is 0.320 e. The second-order valence-corrected chi connectivity index (χ2v) is 10.2. The fraction of sp³-hybridized carbons (Fsp3) is 0.323. The molecule has 13 heteroatoms. The molecule has 0 aliphatic carbocycles. The van der Waals surface area contributed by atoms with Crippen molar-refractivity contribution < 1.29 is 28.2 Å². The van der Waals surface area contributed by atoms with Gasteiger partial charge in [0.15, 0.2) is 0 Å². The summed E-state index contributed by atoms with van der Waals surface area (Å²) in [6.45, 7) is 2.31. The molecule has 4 heterocycles. The lowest BCUT2D eigenvalue weighted by Gasteiger charge is -2.21. The molecule has 1 aromatic carbocycles. The topological polar surface area (TPSA) is 142 Å². The molecule has 230 valence electrons. The molecule has 0 spiro atoms. The molecule has 0 bridgehead atoms. The highest BCUT2D eigenvalue weighted by molar-refractivity contribution is 5.97. The molecule has 5 rings (SSSR count). The van der Waals surface area contributed by atoms with Crippen molar-refractivity contribution >= 4 is 17.8 Å². The van der Waals surface area contributed by atoms with Crippen molar-refractivity contribution in [1.82, 2.24) is 30.4 Å². The molecule has 1 aliphatic heterocycles. The molecule has 12 nitrogen and oxygen atoms in total. The Balaban J connectivity index is 1.46. The third-order valence-electron chi connectivity index (χ3n) is 7.41. The number of carbonyl (C=O) groups is 2. The molecule has 1 saturated heterocycles.